The number of carbonyl (C=O) groups excluding carboxylic acids is 2. The molecule has 13 heavy (non-hydrogen) atoms. The third-order valence-corrected chi connectivity index (χ3v) is 1.96. The second-order valence-electron chi connectivity index (χ2n) is 3.19. The molecule has 0 aliphatic carbocycles. The Kier molecular flexibility index (Phi) is 3.06. The predicted molar refractivity (Wildman–Crippen MR) is 47.3 cm³/mol. The maximum atomic E-state index is 11.1. The van der Waals surface area contributed by atoms with Crippen LogP contribution in [0.4, 0.5) is 4.79 Å². The minimum Gasteiger partial charge on any atom is -0.453 e. The van der Waals surface area contributed by atoms with Gasteiger partial charge in [-0.3, -0.25) is 4.79 Å². The summed E-state index contributed by atoms with van der Waals surface area (Å²) in [5.41, 5.74) is 0.643. The topological polar surface area (TPSA) is 46.6 Å². The Bertz CT molecular complexity index is 247. The highest BCUT2D eigenvalue weighted by atomic mass is 16.5. The van der Waals surface area contributed by atoms with Gasteiger partial charge in [-0.2, -0.15) is 0 Å². The summed E-state index contributed by atoms with van der Waals surface area (Å²) in [5, 5.41) is 0. The molecular weight excluding hydrogens is 170 g/mol. The number of methoxy groups -OCH3 is 1. The number of nitrogens with zero attached hydrogens (tertiary/aromatic N) is 1. The third kappa shape index (κ3) is 2.31. The molecule has 0 aromatic heterocycles. The van der Waals surface area contributed by atoms with Crippen molar-refractivity contribution in [2.45, 2.75) is 6.92 Å². The van der Waals surface area contributed by atoms with E-state index in [0.29, 0.717) is 18.7 Å². The number of hydrogen-bond acceptors (Lipinski definition) is 3. The van der Waals surface area contributed by atoms with Crippen LogP contribution in [0.3, 0.4) is 0 Å². The van der Waals surface area contributed by atoms with Crippen LogP contribution in [0.15, 0.2) is 11.6 Å². The van der Waals surface area contributed by atoms with Crippen LogP contribution in [-0.4, -0.2) is 37.5 Å². The molecule has 1 atom stereocenters. The molecule has 0 saturated carbocycles. The largest absolute Gasteiger partial charge is 0.453 e. The number of carbonyl (C=O) groups is 2. The molecule has 1 aliphatic heterocycles. The van der Waals surface area contributed by atoms with E-state index in [0.717, 1.165) is 6.29 Å². The van der Waals surface area contributed by atoms with Crippen LogP contribution < -0.4 is 0 Å². The van der Waals surface area contributed by atoms with Gasteiger partial charge < -0.3 is 9.64 Å². The molecule has 1 heterocycles. The van der Waals surface area contributed by atoms with E-state index in [1.54, 1.807) is 0 Å². The minimum absolute atomic E-state index is 0.216. The zero-order valence-corrected chi connectivity index (χ0v) is 7.82. The first kappa shape index (κ1) is 9.77. The predicted octanol–water partition coefficient (Wildman–Crippen LogP) is 0.830. The van der Waals surface area contributed by atoms with E-state index in [1.165, 1.54) is 12.0 Å². The summed E-state index contributed by atoms with van der Waals surface area (Å²) in [7, 11) is 1.34. The van der Waals surface area contributed by atoms with Crippen LogP contribution in [0.2, 0.25) is 0 Å². The maximum absolute atomic E-state index is 11.1. The molecule has 0 N–H and O–H groups in total. The Balaban J connectivity index is 2.69. The van der Waals surface area contributed by atoms with Gasteiger partial charge in [0.2, 0.25) is 0 Å². The van der Waals surface area contributed by atoms with Crippen molar-refractivity contribution >= 4 is 12.4 Å². The molecule has 0 radical (unpaired) electrons. The first-order chi connectivity index (χ1) is 6.17. The molecule has 1 aliphatic rings. The fourth-order valence-electron chi connectivity index (χ4n) is 1.45. The van der Waals surface area contributed by atoms with Crippen molar-refractivity contribution in [2.75, 3.05) is 20.2 Å². The first-order valence-corrected chi connectivity index (χ1v) is 4.16. The smallest absolute Gasteiger partial charge is 0.409 e. The molecular formula is C9H13NO3. The summed E-state index contributed by atoms with van der Waals surface area (Å²) in [6, 6.07) is 0. The van der Waals surface area contributed by atoms with E-state index >= 15 is 0 Å². The summed E-state index contributed by atoms with van der Waals surface area (Å²) in [6.07, 6.45) is 2.29. The number of ether oxygens (including phenoxy) is 1. The lowest BCUT2D eigenvalue weighted by Crippen LogP contribution is -2.39. The van der Waals surface area contributed by atoms with Crippen molar-refractivity contribution in [1.29, 1.82) is 0 Å². The van der Waals surface area contributed by atoms with Crippen LogP contribution in [-0.2, 0) is 9.53 Å². The lowest BCUT2D eigenvalue weighted by molar-refractivity contribution is -0.105. The summed E-state index contributed by atoms with van der Waals surface area (Å²) < 4.78 is 4.57. The van der Waals surface area contributed by atoms with Gasteiger partial charge in [-0.15, -0.1) is 0 Å². The van der Waals surface area contributed by atoms with Crippen LogP contribution in [0.1, 0.15) is 6.92 Å². The Hall–Kier alpha value is -1.32. The van der Waals surface area contributed by atoms with Crippen molar-refractivity contribution in [3.05, 3.63) is 11.6 Å². The van der Waals surface area contributed by atoms with E-state index in [9.17, 15) is 9.59 Å². The highest BCUT2D eigenvalue weighted by Crippen LogP contribution is 2.13. The van der Waals surface area contributed by atoms with Crippen LogP contribution in [0.25, 0.3) is 0 Å². The molecule has 0 aromatic rings. The Morgan fingerprint density at radius 3 is 3.00 bits per heavy atom. The lowest BCUT2D eigenvalue weighted by atomic mass is 10.0. The van der Waals surface area contributed by atoms with Gasteiger partial charge in [0.05, 0.1) is 13.7 Å². The summed E-state index contributed by atoms with van der Waals surface area (Å²) in [4.78, 5) is 23.2. The quantitative estimate of drug-likeness (QED) is 0.566. The maximum Gasteiger partial charge on any atom is 0.409 e. The average Bonchev–Trinajstić information content (AvgIpc) is 2.15. The van der Waals surface area contributed by atoms with Gasteiger partial charge >= 0.3 is 6.09 Å². The fourth-order valence-corrected chi connectivity index (χ4v) is 1.45. The van der Waals surface area contributed by atoms with E-state index in [4.69, 9.17) is 0 Å². The molecule has 0 bridgehead atoms. The molecule has 4 heteroatoms. The monoisotopic (exact) mass is 183 g/mol. The SMILES string of the molecule is COC(=O)N1CC(C=O)=CC(C)C1. The molecule has 1 rings (SSSR count). The van der Waals surface area contributed by atoms with E-state index in [-0.39, 0.29) is 12.0 Å². The summed E-state index contributed by atoms with van der Waals surface area (Å²) >= 11 is 0. The van der Waals surface area contributed by atoms with Crippen LogP contribution in [0, 0.1) is 5.92 Å². The van der Waals surface area contributed by atoms with Gasteiger partial charge in [0.25, 0.3) is 0 Å². The van der Waals surface area contributed by atoms with Gasteiger partial charge in [-0.1, -0.05) is 13.0 Å². The van der Waals surface area contributed by atoms with E-state index < -0.39 is 0 Å². The van der Waals surface area contributed by atoms with Gasteiger partial charge in [-0.25, -0.2) is 4.79 Å². The molecule has 1 unspecified atom stereocenters. The van der Waals surface area contributed by atoms with Gasteiger partial charge in [0.15, 0.2) is 0 Å². The van der Waals surface area contributed by atoms with Crippen molar-refractivity contribution in [2.24, 2.45) is 5.92 Å². The van der Waals surface area contributed by atoms with Crippen LogP contribution in [0.5, 0.6) is 0 Å². The van der Waals surface area contributed by atoms with E-state index in [1.807, 2.05) is 13.0 Å². The zero-order valence-electron chi connectivity index (χ0n) is 7.82. The first-order valence-electron chi connectivity index (χ1n) is 4.16. The highest BCUT2D eigenvalue weighted by Gasteiger charge is 2.21. The molecule has 0 aromatic carbocycles. The Morgan fingerprint density at radius 1 is 1.77 bits per heavy atom. The molecule has 72 valence electrons. The zero-order chi connectivity index (χ0) is 9.84. The summed E-state index contributed by atoms with van der Waals surface area (Å²) in [6.45, 7) is 2.93. The Morgan fingerprint density at radius 2 is 2.46 bits per heavy atom. The van der Waals surface area contributed by atoms with Gasteiger partial charge in [-0.05, 0) is 5.92 Å². The van der Waals surface area contributed by atoms with Gasteiger partial charge in [0, 0.05) is 12.1 Å². The van der Waals surface area contributed by atoms with E-state index in [2.05, 4.69) is 4.74 Å². The molecule has 0 spiro atoms. The normalized spacial score (nSPS) is 22.2. The van der Waals surface area contributed by atoms with Crippen molar-refractivity contribution in [1.82, 2.24) is 4.90 Å². The summed E-state index contributed by atoms with van der Waals surface area (Å²) in [5.74, 6) is 0.216. The third-order valence-electron chi connectivity index (χ3n) is 1.96. The lowest BCUT2D eigenvalue weighted by Gasteiger charge is -2.27. The second-order valence-corrected chi connectivity index (χ2v) is 3.19. The van der Waals surface area contributed by atoms with Crippen LogP contribution >= 0.6 is 0 Å². The number of aldehydes is 1. The van der Waals surface area contributed by atoms with Crippen molar-refractivity contribution in [3.8, 4) is 0 Å². The van der Waals surface area contributed by atoms with Crippen molar-refractivity contribution < 1.29 is 14.3 Å². The molecule has 1 amide bonds. The molecule has 0 saturated heterocycles. The van der Waals surface area contributed by atoms with Gasteiger partial charge in [0.1, 0.15) is 6.29 Å². The van der Waals surface area contributed by atoms with Crippen molar-refractivity contribution in [3.63, 3.8) is 0 Å². The average molecular weight is 183 g/mol. The fraction of sp³-hybridized carbons (Fsp3) is 0.556. The Labute approximate surface area is 77.2 Å². The number of rotatable bonds is 1. The minimum atomic E-state index is -0.376. The molecule has 4 nitrogen and oxygen atoms in total. The molecule has 0 fully saturated rings. The number of hydrogen-bond donors (Lipinski definition) is 0. The second kappa shape index (κ2) is 4.07. The standard InChI is InChI=1S/C9H13NO3/c1-7-3-8(6-11)5-10(4-7)9(12)13-2/h3,6-7H,4-5H2,1-2H3. The highest BCUT2D eigenvalue weighted by molar-refractivity contribution is 5.77. The number of amides is 1.